The topological polar surface area (TPSA) is 69.8 Å². The van der Waals surface area contributed by atoms with Crippen LogP contribution in [0.3, 0.4) is 0 Å². The van der Waals surface area contributed by atoms with E-state index in [1.54, 1.807) is 6.20 Å². The largest absolute Gasteiger partial charge is 0.378 e. The van der Waals surface area contributed by atoms with E-state index in [2.05, 4.69) is 32.0 Å². The van der Waals surface area contributed by atoms with Crippen molar-refractivity contribution in [2.24, 2.45) is 0 Å². The summed E-state index contributed by atoms with van der Waals surface area (Å²) in [6.07, 6.45) is 5.49. The van der Waals surface area contributed by atoms with Gasteiger partial charge in [0.05, 0.1) is 37.7 Å². The van der Waals surface area contributed by atoms with Crippen molar-refractivity contribution in [2.45, 2.75) is 19.5 Å². The van der Waals surface area contributed by atoms with Crippen LogP contribution in [-0.4, -0.2) is 44.8 Å². The fourth-order valence-corrected chi connectivity index (χ4v) is 2.36. The first-order chi connectivity index (χ1) is 8.84. The third-order valence-corrected chi connectivity index (χ3v) is 3.35. The second-order valence-electron chi connectivity index (χ2n) is 4.56. The molecule has 0 aromatic carbocycles. The van der Waals surface area contributed by atoms with Crippen LogP contribution in [0.5, 0.6) is 0 Å². The Balaban J connectivity index is 1.80. The number of hydrogen-bond acceptors (Lipinski definition) is 4. The van der Waals surface area contributed by atoms with Crippen molar-refractivity contribution in [3.05, 3.63) is 35.7 Å². The molecule has 3 heterocycles. The number of rotatable bonds is 3. The van der Waals surface area contributed by atoms with Gasteiger partial charge < -0.3 is 9.72 Å². The number of aromatic amines is 2. The number of imidazole rings is 1. The highest BCUT2D eigenvalue weighted by atomic mass is 16.5. The standard InChI is InChI=1S/C12H17N5O/c1-9-6-15-16-12(9)10-8-18-5-4-17(10)7-11-13-2-3-14-11/h2-3,6,10H,4-5,7-8H2,1H3,(H,13,14)(H,15,16)/t10-/m1/s1. The number of nitrogens with one attached hydrogen (secondary N) is 2. The minimum Gasteiger partial charge on any atom is -0.378 e. The van der Waals surface area contributed by atoms with Crippen LogP contribution in [0, 0.1) is 6.92 Å². The number of aryl methyl sites for hydroxylation is 1. The molecule has 6 nitrogen and oxygen atoms in total. The third kappa shape index (κ3) is 2.16. The quantitative estimate of drug-likeness (QED) is 0.849. The number of nitrogens with zero attached hydrogens (tertiary/aromatic N) is 3. The van der Waals surface area contributed by atoms with Gasteiger partial charge in [-0.25, -0.2) is 4.98 Å². The van der Waals surface area contributed by atoms with E-state index in [1.165, 1.54) is 5.56 Å². The molecule has 0 bridgehead atoms. The molecule has 0 radical (unpaired) electrons. The molecule has 0 amide bonds. The van der Waals surface area contributed by atoms with Crippen molar-refractivity contribution >= 4 is 0 Å². The van der Waals surface area contributed by atoms with Gasteiger partial charge in [0.2, 0.25) is 0 Å². The fourth-order valence-electron chi connectivity index (χ4n) is 2.36. The Labute approximate surface area is 105 Å². The summed E-state index contributed by atoms with van der Waals surface area (Å²) in [7, 11) is 0. The van der Waals surface area contributed by atoms with E-state index >= 15 is 0 Å². The Hall–Kier alpha value is -1.66. The van der Waals surface area contributed by atoms with Gasteiger partial charge in [0.15, 0.2) is 0 Å². The molecule has 0 saturated carbocycles. The van der Waals surface area contributed by atoms with Crippen LogP contribution in [-0.2, 0) is 11.3 Å². The minimum atomic E-state index is 0.228. The summed E-state index contributed by atoms with van der Waals surface area (Å²) in [6.45, 7) is 5.25. The lowest BCUT2D eigenvalue weighted by molar-refractivity contribution is -0.0155. The second kappa shape index (κ2) is 4.91. The van der Waals surface area contributed by atoms with Gasteiger partial charge >= 0.3 is 0 Å². The number of hydrogen-bond donors (Lipinski definition) is 2. The molecule has 1 fully saturated rings. The summed E-state index contributed by atoms with van der Waals surface area (Å²) >= 11 is 0. The highest BCUT2D eigenvalue weighted by molar-refractivity contribution is 5.18. The number of ether oxygens (including phenoxy) is 1. The zero-order chi connectivity index (χ0) is 12.4. The molecule has 3 rings (SSSR count). The lowest BCUT2D eigenvalue weighted by atomic mass is 10.1. The van der Waals surface area contributed by atoms with Crippen LogP contribution in [0.1, 0.15) is 23.1 Å². The summed E-state index contributed by atoms with van der Waals surface area (Å²) in [5.41, 5.74) is 2.32. The molecule has 6 heteroatoms. The maximum absolute atomic E-state index is 5.59. The summed E-state index contributed by atoms with van der Waals surface area (Å²) in [4.78, 5) is 9.79. The molecule has 2 aromatic rings. The average Bonchev–Trinajstić information content (AvgIpc) is 3.02. The van der Waals surface area contributed by atoms with Crippen LogP contribution in [0.4, 0.5) is 0 Å². The van der Waals surface area contributed by atoms with Gasteiger partial charge in [0.1, 0.15) is 5.82 Å². The highest BCUT2D eigenvalue weighted by Gasteiger charge is 2.27. The molecular formula is C12H17N5O. The molecule has 1 aliphatic rings. The predicted octanol–water partition coefficient (Wildman–Crippen LogP) is 1.01. The third-order valence-electron chi connectivity index (χ3n) is 3.35. The maximum atomic E-state index is 5.59. The molecule has 1 aliphatic heterocycles. The molecular weight excluding hydrogens is 230 g/mol. The summed E-state index contributed by atoms with van der Waals surface area (Å²) < 4.78 is 5.59. The van der Waals surface area contributed by atoms with Gasteiger partial charge in [-0.2, -0.15) is 5.10 Å². The Morgan fingerprint density at radius 2 is 2.50 bits per heavy atom. The van der Waals surface area contributed by atoms with E-state index in [-0.39, 0.29) is 6.04 Å². The first-order valence-corrected chi connectivity index (χ1v) is 6.14. The molecule has 0 spiro atoms. The Morgan fingerprint density at radius 3 is 3.22 bits per heavy atom. The highest BCUT2D eigenvalue weighted by Crippen LogP contribution is 2.25. The lowest BCUT2D eigenvalue weighted by Crippen LogP contribution is -2.39. The maximum Gasteiger partial charge on any atom is 0.120 e. The van der Waals surface area contributed by atoms with Crippen molar-refractivity contribution in [3.63, 3.8) is 0 Å². The second-order valence-corrected chi connectivity index (χ2v) is 4.56. The van der Waals surface area contributed by atoms with Crippen LogP contribution in [0.25, 0.3) is 0 Å². The van der Waals surface area contributed by atoms with E-state index in [9.17, 15) is 0 Å². The van der Waals surface area contributed by atoms with Gasteiger partial charge in [0, 0.05) is 18.9 Å². The summed E-state index contributed by atoms with van der Waals surface area (Å²) in [6, 6.07) is 0.228. The van der Waals surface area contributed by atoms with Crippen molar-refractivity contribution in [2.75, 3.05) is 19.8 Å². The summed E-state index contributed by atoms with van der Waals surface area (Å²) in [5.74, 6) is 0.985. The van der Waals surface area contributed by atoms with Gasteiger partial charge in [0.25, 0.3) is 0 Å². The van der Waals surface area contributed by atoms with Gasteiger partial charge in [-0.3, -0.25) is 10.00 Å². The zero-order valence-corrected chi connectivity index (χ0v) is 10.4. The summed E-state index contributed by atoms with van der Waals surface area (Å²) in [5, 5.41) is 7.18. The Morgan fingerprint density at radius 1 is 1.56 bits per heavy atom. The normalized spacial score (nSPS) is 21.3. The molecule has 1 atom stereocenters. The predicted molar refractivity (Wildman–Crippen MR) is 65.9 cm³/mol. The monoisotopic (exact) mass is 247 g/mol. The molecule has 18 heavy (non-hydrogen) atoms. The Bertz CT molecular complexity index is 492. The van der Waals surface area contributed by atoms with Gasteiger partial charge in [-0.15, -0.1) is 0 Å². The number of morpholine rings is 1. The van der Waals surface area contributed by atoms with E-state index in [0.29, 0.717) is 6.61 Å². The van der Waals surface area contributed by atoms with E-state index in [1.807, 2.05) is 12.4 Å². The number of H-pyrrole nitrogens is 2. The molecule has 2 N–H and O–H groups in total. The zero-order valence-electron chi connectivity index (χ0n) is 10.4. The lowest BCUT2D eigenvalue weighted by Gasteiger charge is -2.34. The van der Waals surface area contributed by atoms with Crippen molar-refractivity contribution in [1.29, 1.82) is 0 Å². The van der Waals surface area contributed by atoms with E-state index in [4.69, 9.17) is 4.74 Å². The SMILES string of the molecule is Cc1cn[nH]c1[C@H]1COCCN1Cc1ncc[nH]1. The van der Waals surface area contributed by atoms with Gasteiger partial charge in [-0.05, 0) is 12.5 Å². The van der Waals surface area contributed by atoms with Crippen LogP contribution in [0.2, 0.25) is 0 Å². The number of aromatic nitrogens is 4. The average molecular weight is 247 g/mol. The Kier molecular flexibility index (Phi) is 3.12. The molecule has 2 aromatic heterocycles. The van der Waals surface area contributed by atoms with Crippen LogP contribution in [0.15, 0.2) is 18.6 Å². The smallest absolute Gasteiger partial charge is 0.120 e. The van der Waals surface area contributed by atoms with Crippen molar-refractivity contribution in [1.82, 2.24) is 25.1 Å². The van der Waals surface area contributed by atoms with E-state index in [0.717, 1.165) is 31.2 Å². The minimum absolute atomic E-state index is 0.228. The van der Waals surface area contributed by atoms with E-state index < -0.39 is 0 Å². The molecule has 96 valence electrons. The van der Waals surface area contributed by atoms with Crippen LogP contribution < -0.4 is 0 Å². The van der Waals surface area contributed by atoms with Gasteiger partial charge in [-0.1, -0.05) is 0 Å². The van der Waals surface area contributed by atoms with Crippen molar-refractivity contribution in [3.8, 4) is 0 Å². The van der Waals surface area contributed by atoms with Crippen molar-refractivity contribution < 1.29 is 4.74 Å². The fraction of sp³-hybridized carbons (Fsp3) is 0.500. The first-order valence-electron chi connectivity index (χ1n) is 6.14. The molecule has 1 saturated heterocycles. The first kappa shape index (κ1) is 11.4. The molecule has 0 unspecified atom stereocenters. The van der Waals surface area contributed by atoms with Crippen LogP contribution >= 0.6 is 0 Å². The molecule has 0 aliphatic carbocycles.